The van der Waals surface area contributed by atoms with Crippen LogP contribution in [-0.2, 0) is 10.9 Å². The molecule has 1 heterocycles. The van der Waals surface area contributed by atoms with Gasteiger partial charge in [-0.3, -0.25) is 14.9 Å². The van der Waals surface area contributed by atoms with Crippen molar-refractivity contribution in [1.29, 1.82) is 0 Å². The fourth-order valence-electron chi connectivity index (χ4n) is 3.55. The summed E-state index contributed by atoms with van der Waals surface area (Å²) in [6, 6.07) is 16.1. The molecule has 0 aliphatic carbocycles. The molecule has 1 aromatic heterocycles. The number of non-ortho nitro benzene ring substituents is 1. The van der Waals surface area contributed by atoms with E-state index < -0.39 is 22.6 Å². The molecule has 0 radical (unpaired) electrons. The lowest BCUT2D eigenvalue weighted by Crippen LogP contribution is -2.12. The van der Waals surface area contributed by atoms with E-state index in [2.05, 4.69) is 15.4 Å². The van der Waals surface area contributed by atoms with Gasteiger partial charge in [-0.05, 0) is 49.4 Å². The van der Waals surface area contributed by atoms with Gasteiger partial charge in [-0.1, -0.05) is 18.2 Å². The number of hydrogen-bond donors (Lipinski definition) is 1. The number of carbonyl (C=O) groups excluding carboxylic acids is 1. The Balaban J connectivity index is 1.66. The summed E-state index contributed by atoms with van der Waals surface area (Å²) in [6.07, 6.45) is -4.56. The third-order valence-electron chi connectivity index (χ3n) is 5.39. The summed E-state index contributed by atoms with van der Waals surface area (Å²) in [4.78, 5) is 27.3. The lowest BCUT2D eigenvalue weighted by atomic mass is 10.1. The van der Waals surface area contributed by atoms with Crippen LogP contribution < -0.4 is 10.1 Å². The zero-order valence-electron chi connectivity index (χ0n) is 20.5. The number of alkyl halides is 3. The SMILES string of the molecule is CCOCCOc1nc(-c2cccc(C(F)(F)F)c2)n(-c2cccc(NC(=O)c3ccc([N+](=O)[O-])cc3)c2)n1. The van der Waals surface area contributed by atoms with Gasteiger partial charge in [0.05, 0.1) is 22.8 Å². The van der Waals surface area contributed by atoms with Crippen molar-refractivity contribution < 1.29 is 32.4 Å². The van der Waals surface area contributed by atoms with Gasteiger partial charge >= 0.3 is 12.2 Å². The highest BCUT2D eigenvalue weighted by Crippen LogP contribution is 2.33. The maximum absolute atomic E-state index is 13.4. The fraction of sp³-hybridized carbons (Fsp3) is 0.192. The van der Waals surface area contributed by atoms with Crippen molar-refractivity contribution in [3.63, 3.8) is 0 Å². The average Bonchev–Trinajstić information content (AvgIpc) is 3.35. The normalized spacial score (nSPS) is 11.3. The molecular weight excluding hydrogens is 519 g/mol. The van der Waals surface area contributed by atoms with Crippen LogP contribution in [0.1, 0.15) is 22.8 Å². The van der Waals surface area contributed by atoms with Crippen LogP contribution in [0.4, 0.5) is 24.5 Å². The van der Waals surface area contributed by atoms with E-state index >= 15 is 0 Å². The van der Waals surface area contributed by atoms with Gasteiger partial charge in [0, 0.05) is 35.6 Å². The predicted molar refractivity (Wildman–Crippen MR) is 135 cm³/mol. The third kappa shape index (κ3) is 6.76. The van der Waals surface area contributed by atoms with Crippen LogP contribution in [0.2, 0.25) is 0 Å². The molecule has 10 nitrogen and oxygen atoms in total. The first kappa shape index (κ1) is 27.3. The van der Waals surface area contributed by atoms with E-state index in [1.807, 2.05) is 6.92 Å². The molecule has 202 valence electrons. The first-order chi connectivity index (χ1) is 18.7. The number of nitro groups is 1. The molecule has 3 aromatic carbocycles. The molecule has 39 heavy (non-hydrogen) atoms. The van der Waals surface area contributed by atoms with Crippen LogP contribution in [0.15, 0.2) is 72.8 Å². The number of hydrogen-bond acceptors (Lipinski definition) is 7. The number of anilines is 1. The first-order valence-corrected chi connectivity index (χ1v) is 11.7. The second-order valence-corrected chi connectivity index (χ2v) is 8.06. The van der Waals surface area contributed by atoms with Crippen LogP contribution >= 0.6 is 0 Å². The van der Waals surface area contributed by atoms with Gasteiger partial charge in [-0.25, -0.2) is 4.68 Å². The molecule has 1 amide bonds. The number of halogens is 3. The van der Waals surface area contributed by atoms with Crippen LogP contribution in [0.25, 0.3) is 17.1 Å². The highest BCUT2D eigenvalue weighted by atomic mass is 19.4. The topological polar surface area (TPSA) is 121 Å². The Bertz CT molecular complexity index is 1470. The van der Waals surface area contributed by atoms with E-state index in [1.165, 1.54) is 41.1 Å². The Hall–Kier alpha value is -4.78. The minimum atomic E-state index is -4.56. The first-order valence-electron chi connectivity index (χ1n) is 11.7. The third-order valence-corrected chi connectivity index (χ3v) is 5.39. The summed E-state index contributed by atoms with van der Waals surface area (Å²) in [5.41, 5.74) is 0.0773. The quantitative estimate of drug-likeness (QED) is 0.159. The predicted octanol–water partition coefficient (Wildman–Crippen LogP) is 5.53. The number of ether oxygens (including phenoxy) is 2. The van der Waals surface area contributed by atoms with Crippen molar-refractivity contribution in [2.75, 3.05) is 25.1 Å². The Morgan fingerprint density at radius 2 is 1.79 bits per heavy atom. The van der Waals surface area contributed by atoms with Gasteiger partial charge in [0.25, 0.3) is 11.6 Å². The van der Waals surface area contributed by atoms with Gasteiger partial charge in [-0.2, -0.15) is 18.2 Å². The zero-order valence-corrected chi connectivity index (χ0v) is 20.5. The van der Waals surface area contributed by atoms with E-state index in [4.69, 9.17) is 9.47 Å². The molecule has 0 saturated carbocycles. The highest BCUT2D eigenvalue weighted by molar-refractivity contribution is 6.04. The van der Waals surface area contributed by atoms with Crippen molar-refractivity contribution in [2.45, 2.75) is 13.1 Å². The van der Waals surface area contributed by atoms with Crippen molar-refractivity contribution in [1.82, 2.24) is 14.8 Å². The monoisotopic (exact) mass is 541 g/mol. The molecule has 0 aliphatic rings. The summed E-state index contributed by atoms with van der Waals surface area (Å²) in [5, 5.41) is 17.9. The maximum Gasteiger partial charge on any atom is 0.416 e. The molecule has 0 spiro atoms. The van der Waals surface area contributed by atoms with Crippen LogP contribution in [0.5, 0.6) is 6.01 Å². The Morgan fingerprint density at radius 3 is 2.49 bits per heavy atom. The zero-order chi connectivity index (χ0) is 28.0. The molecule has 1 N–H and O–H groups in total. The van der Waals surface area contributed by atoms with Crippen LogP contribution in [0, 0.1) is 10.1 Å². The summed E-state index contributed by atoms with van der Waals surface area (Å²) >= 11 is 0. The molecule has 0 unspecified atom stereocenters. The number of nitrogens with one attached hydrogen (secondary N) is 1. The molecular formula is C26H22F3N5O5. The molecule has 4 aromatic rings. The maximum atomic E-state index is 13.4. The van der Waals surface area contributed by atoms with Gasteiger partial charge in [0.1, 0.15) is 6.61 Å². The van der Waals surface area contributed by atoms with Crippen LogP contribution in [0.3, 0.4) is 0 Å². The second-order valence-electron chi connectivity index (χ2n) is 8.06. The molecule has 0 aliphatic heterocycles. The Morgan fingerprint density at radius 1 is 1.05 bits per heavy atom. The van der Waals surface area contributed by atoms with Gasteiger partial charge in [0.15, 0.2) is 5.82 Å². The molecule has 4 rings (SSSR count). The summed E-state index contributed by atoms with van der Waals surface area (Å²) < 4.78 is 52.2. The lowest BCUT2D eigenvalue weighted by molar-refractivity contribution is -0.384. The Labute approximate surface area is 220 Å². The molecule has 0 saturated heterocycles. The minimum absolute atomic E-state index is 0.0672. The summed E-state index contributed by atoms with van der Waals surface area (Å²) in [7, 11) is 0. The number of benzene rings is 3. The van der Waals surface area contributed by atoms with Crippen molar-refractivity contribution in [3.05, 3.63) is 94.0 Å². The molecule has 13 heteroatoms. The van der Waals surface area contributed by atoms with Crippen molar-refractivity contribution in [2.24, 2.45) is 0 Å². The van der Waals surface area contributed by atoms with E-state index in [-0.39, 0.29) is 41.9 Å². The van der Waals surface area contributed by atoms with Gasteiger partial charge in [-0.15, -0.1) is 5.10 Å². The summed E-state index contributed by atoms with van der Waals surface area (Å²) in [6.45, 7) is 2.71. The molecule has 0 atom stereocenters. The summed E-state index contributed by atoms with van der Waals surface area (Å²) in [5.74, 6) is -0.426. The van der Waals surface area contributed by atoms with E-state index in [0.29, 0.717) is 18.0 Å². The minimum Gasteiger partial charge on any atom is -0.460 e. The number of aromatic nitrogens is 3. The lowest BCUT2D eigenvalue weighted by Gasteiger charge is -2.11. The molecule has 0 bridgehead atoms. The highest BCUT2D eigenvalue weighted by Gasteiger charge is 2.31. The number of rotatable bonds is 10. The van der Waals surface area contributed by atoms with E-state index in [0.717, 1.165) is 12.1 Å². The van der Waals surface area contributed by atoms with Crippen LogP contribution in [-0.4, -0.2) is 45.4 Å². The van der Waals surface area contributed by atoms with Gasteiger partial charge < -0.3 is 14.8 Å². The smallest absolute Gasteiger partial charge is 0.416 e. The standard InChI is InChI=1S/C26H22F3N5O5/c1-2-38-13-14-39-25-31-23(18-5-3-6-19(15-18)26(27,28)29)33(32-25)22-8-4-7-20(16-22)30-24(35)17-9-11-21(12-10-17)34(36)37/h3-12,15-16H,2,13-14H2,1H3,(H,30,35). The van der Waals surface area contributed by atoms with Crippen molar-refractivity contribution >= 4 is 17.3 Å². The van der Waals surface area contributed by atoms with Crippen molar-refractivity contribution in [3.8, 4) is 23.1 Å². The Kier molecular flexibility index (Phi) is 8.20. The second kappa shape index (κ2) is 11.7. The number of nitro benzene ring substituents is 1. The fourth-order valence-corrected chi connectivity index (χ4v) is 3.55. The van der Waals surface area contributed by atoms with Gasteiger partial charge in [0.2, 0.25) is 0 Å². The van der Waals surface area contributed by atoms with E-state index in [9.17, 15) is 28.1 Å². The van der Waals surface area contributed by atoms with E-state index in [1.54, 1.807) is 24.3 Å². The largest absolute Gasteiger partial charge is 0.460 e. The molecule has 0 fully saturated rings. The average molecular weight is 541 g/mol. The number of carbonyl (C=O) groups is 1. The number of amides is 1. The number of nitrogens with zero attached hydrogens (tertiary/aromatic N) is 4.